The van der Waals surface area contributed by atoms with E-state index in [1.54, 1.807) is 0 Å². The average molecular weight is 444 g/mol. The molecule has 128 valence electrons. The van der Waals surface area contributed by atoms with Crippen molar-refractivity contribution < 1.29 is 33.3 Å². The maximum Gasteiger partial charge on any atom is 0.212 e. The SMILES string of the molecule is CCN1/C(=C/c2ccc3ccccc3[n+]2CC)Oc2ccccc21.[I-]. The summed E-state index contributed by atoms with van der Waals surface area (Å²) in [7, 11) is 0. The normalized spacial score (nSPS) is 14.3. The standard InChI is InChI=1S/C21H21N2O.HI/c1-3-22-17(14-13-16-9-5-6-10-18(16)22)15-21-23(4-2)19-11-7-8-12-20(19)24-21;/h5-15H,3-4H2,1-2H3;1H/q+1;/p-1. The highest BCUT2D eigenvalue weighted by Crippen LogP contribution is 2.38. The smallest absolute Gasteiger partial charge is 0.212 e. The van der Waals surface area contributed by atoms with Gasteiger partial charge in [-0.1, -0.05) is 24.3 Å². The second-order valence-electron chi connectivity index (χ2n) is 5.86. The molecule has 0 atom stereocenters. The van der Waals surface area contributed by atoms with Gasteiger partial charge in [-0.25, -0.2) is 0 Å². The number of anilines is 1. The number of nitrogens with zero attached hydrogens (tertiary/aromatic N) is 2. The zero-order valence-corrected chi connectivity index (χ0v) is 16.6. The first kappa shape index (κ1) is 17.7. The molecule has 3 aromatic rings. The summed E-state index contributed by atoms with van der Waals surface area (Å²) in [6.45, 7) is 6.12. The Morgan fingerprint density at radius 2 is 1.72 bits per heavy atom. The van der Waals surface area contributed by atoms with Crippen LogP contribution in [0, 0.1) is 0 Å². The van der Waals surface area contributed by atoms with Crippen molar-refractivity contribution in [2.45, 2.75) is 20.4 Å². The number of rotatable bonds is 3. The Bertz CT molecular complexity index is 936. The van der Waals surface area contributed by atoms with Gasteiger partial charge in [-0.3, -0.25) is 0 Å². The van der Waals surface area contributed by atoms with E-state index in [2.05, 4.69) is 77.9 Å². The monoisotopic (exact) mass is 444 g/mol. The van der Waals surface area contributed by atoms with Gasteiger partial charge in [0.05, 0.1) is 11.8 Å². The van der Waals surface area contributed by atoms with Crippen LogP contribution in [0.4, 0.5) is 5.69 Å². The van der Waals surface area contributed by atoms with Crippen molar-refractivity contribution >= 4 is 22.7 Å². The lowest BCUT2D eigenvalue weighted by Crippen LogP contribution is -3.00. The molecule has 1 aliphatic rings. The molecule has 0 radical (unpaired) electrons. The van der Waals surface area contributed by atoms with Gasteiger partial charge in [-0.2, -0.15) is 4.57 Å². The fourth-order valence-corrected chi connectivity index (χ4v) is 3.37. The van der Waals surface area contributed by atoms with Gasteiger partial charge in [0.25, 0.3) is 0 Å². The number of halogens is 1. The molecule has 2 aromatic carbocycles. The van der Waals surface area contributed by atoms with E-state index in [-0.39, 0.29) is 24.0 Å². The first-order valence-electron chi connectivity index (χ1n) is 8.49. The van der Waals surface area contributed by atoms with Crippen LogP contribution in [0.15, 0.2) is 66.5 Å². The van der Waals surface area contributed by atoms with E-state index in [0.717, 1.165) is 36.1 Å². The highest BCUT2D eigenvalue weighted by molar-refractivity contribution is 5.76. The molecule has 1 aliphatic heterocycles. The minimum Gasteiger partial charge on any atom is -1.00 e. The summed E-state index contributed by atoms with van der Waals surface area (Å²) >= 11 is 0. The highest BCUT2D eigenvalue weighted by atomic mass is 127. The molecule has 0 bridgehead atoms. The second kappa shape index (κ2) is 7.44. The quantitative estimate of drug-likeness (QED) is 0.449. The zero-order chi connectivity index (χ0) is 16.5. The van der Waals surface area contributed by atoms with Crippen LogP contribution in [0.2, 0.25) is 0 Å². The van der Waals surface area contributed by atoms with Crippen LogP contribution in [-0.2, 0) is 6.54 Å². The predicted molar refractivity (Wildman–Crippen MR) is 97.9 cm³/mol. The van der Waals surface area contributed by atoms with Crippen LogP contribution in [-0.4, -0.2) is 6.54 Å². The Balaban J connectivity index is 0.00000182. The van der Waals surface area contributed by atoms with Gasteiger partial charge < -0.3 is 33.6 Å². The number of hydrogen-bond acceptors (Lipinski definition) is 2. The third-order valence-electron chi connectivity index (χ3n) is 4.51. The van der Waals surface area contributed by atoms with E-state index in [1.807, 2.05) is 12.1 Å². The zero-order valence-electron chi connectivity index (χ0n) is 14.4. The molecule has 1 aromatic heterocycles. The van der Waals surface area contributed by atoms with Gasteiger partial charge in [-0.15, -0.1) is 0 Å². The van der Waals surface area contributed by atoms with Crippen molar-refractivity contribution in [3.05, 3.63) is 72.2 Å². The number of hydrogen-bond donors (Lipinski definition) is 0. The van der Waals surface area contributed by atoms with Crippen molar-refractivity contribution in [1.29, 1.82) is 0 Å². The Labute approximate surface area is 165 Å². The van der Waals surface area contributed by atoms with Gasteiger partial charge in [0, 0.05) is 24.1 Å². The van der Waals surface area contributed by atoms with Gasteiger partial charge >= 0.3 is 0 Å². The topological polar surface area (TPSA) is 16.4 Å². The molecule has 0 aliphatic carbocycles. The lowest BCUT2D eigenvalue weighted by atomic mass is 10.2. The molecule has 0 fully saturated rings. The third kappa shape index (κ3) is 3.11. The van der Waals surface area contributed by atoms with Crippen molar-refractivity contribution in [3.8, 4) is 5.75 Å². The van der Waals surface area contributed by atoms with E-state index in [1.165, 1.54) is 10.9 Å². The summed E-state index contributed by atoms with van der Waals surface area (Å²) < 4.78 is 8.42. The number of pyridine rings is 1. The number of aryl methyl sites for hydroxylation is 1. The highest BCUT2D eigenvalue weighted by Gasteiger charge is 2.26. The van der Waals surface area contributed by atoms with Crippen LogP contribution in [0.25, 0.3) is 17.0 Å². The fraction of sp³-hybridized carbons (Fsp3) is 0.190. The molecule has 0 saturated carbocycles. The second-order valence-corrected chi connectivity index (χ2v) is 5.86. The van der Waals surface area contributed by atoms with Crippen LogP contribution in [0.3, 0.4) is 0 Å². The van der Waals surface area contributed by atoms with Crippen molar-refractivity contribution in [1.82, 2.24) is 0 Å². The van der Waals surface area contributed by atoms with E-state index in [0.29, 0.717) is 0 Å². The van der Waals surface area contributed by atoms with Gasteiger partial charge in [0.2, 0.25) is 17.1 Å². The molecule has 4 rings (SSSR count). The molecule has 0 unspecified atom stereocenters. The molecular formula is C21H21IN2O. The van der Waals surface area contributed by atoms with Crippen LogP contribution >= 0.6 is 0 Å². The molecule has 0 spiro atoms. The molecule has 0 amide bonds. The van der Waals surface area contributed by atoms with E-state index >= 15 is 0 Å². The van der Waals surface area contributed by atoms with Crippen molar-refractivity contribution in [2.24, 2.45) is 0 Å². The minimum atomic E-state index is 0. The third-order valence-corrected chi connectivity index (χ3v) is 4.51. The number of fused-ring (bicyclic) bond motifs is 2. The summed E-state index contributed by atoms with van der Waals surface area (Å²) in [5.41, 5.74) is 3.53. The maximum atomic E-state index is 6.10. The Morgan fingerprint density at radius 3 is 2.52 bits per heavy atom. The number of ether oxygens (including phenoxy) is 1. The summed E-state index contributed by atoms with van der Waals surface area (Å²) in [6.07, 6.45) is 2.14. The molecule has 2 heterocycles. The summed E-state index contributed by atoms with van der Waals surface area (Å²) in [6, 6.07) is 21.0. The van der Waals surface area contributed by atoms with Crippen molar-refractivity contribution in [2.75, 3.05) is 11.4 Å². The molecule has 0 N–H and O–H groups in total. The lowest BCUT2D eigenvalue weighted by molar-refractivity contribution is -0.669. The van der Waals surface area contributed by atoms with E-state index in [9.17, 15) is 0 Å². The molecule has 3 nitrogen and oxygen atoms in total. The van der Waals surface area contributed by atoms with Crippen LogP contribution in [0.1, 0.15) is 19.5 Å². The first-order valence-corrected chi connectivity index (χ1v) is 8.49. The van der Waals surface area contributed by atoms with Crippen LogP contribution in [0.5, 0.6) is 5.75 Å². The van der Waals surface area contributed by atoms with Crippen LogP contribution < -0.4 is 38.2 Å². The summed E-state index contributed by atoms with van der Waals surface area (Å²) in [4.78, 5) is 2.21. The average Bonchev–Trinajstić information content (AvgIpc) is 2.98. The predicted octanol–water partition coefficient (Wildman–Crippen LogP) is 1.37. The number of para-hydroxylation sites is 3. The first-order chi connectivity index (χ1) is 11.8. The Morgan fingerprint density at radius 1 is 0.960 bits per heavy atom. The fourth-order valence-electron chi connectivity index (χ4n) is 3.37. The van der Waals surface area contributed by atoms with E-state index in [4.69, 9.17) is 4.74 Å². The molecule has 0 saturated heterocycles. The van der Waals surface area contributed by atoms with Gasteiger partial charge in [0.1, 0.15) is 6.54 Å². The molecule has 4 heteroatoms. The van der Waals surface area contributed by atoms with Crippen molar-refractivity contribution in [3.63, 3.8) is 0 Å². The van der Waals surface area contributed by atoms with Gasteiger partial charge in [0.15, 0.2) is 5.75 Å². The summed E-state index contributed by atoms with van der Waals surface area (Å²) in [5, 5.41) is 1.25. The number of aromatic nitrogens is 1. The largest absolute Gasteiger partial charge is 1.00 e. The summed E-state index contributed by atoms with van der Waals surface area (Å²) in [5.74, 6) is 1.81. The Hall–Kier alpha value is -2.08. The molecule has 25 heavy (non-hydrogen) atoms. The van der Waals surface area contributed by atoms with Gasteiger partial charge in [-0.05, 0) is 38.1 Å². The maximum absolute atomic E-state index is 6.10. The number of benzene rings is 2. The Kier molecular flexibility index (Phi) is 5.27. The minimum absolute atomic E-state index is 0. The molecular weight excluding hydrogens is 423 g/mol. The lowest BCUT2D eigenvalue weighted by Gasteiger charge is -2.15. The van der Waals surface area contributed by atoms with E-state index < -0.39 is 0 Å².